The average molecular weight is 264 g/mol. The summed E-state index contributed by atoms with van der Waals surface area (Å²) >= 11 is 1.40. The van der Waals surface area contributed by atoms with E-state index in [1.54, 1.807) is 6.20 Å². The lowest BCUT2D eigenvalue weighted by atomic mass is 10.3. The Morgan fingerprint density at radius 3 is 3.00 bits per heavy atom. The smallest absolute Gasteiger partial charge is 0.303 e. The van der Waals surface area contributed by atoms with Gasteiger partial charge in [0.15, 0.2) is 5.01 Å². The molecule has 2 aromatic rings. The van der Waals surface area contributed by atoms with E-state index in [-0.39, 0.29) is 6.42 Å². The molecule has 0 amide bonds. The van der Waals surface area contributed by atoms with Crippen molar-refractivity contribution in [3.8, 4) is 10.7 Å². The van der Waals surface area contributed by atoms with Crippen molar-refractivity contribution in [2.45, 2.75) is 12.8 Å². The van der Waals surface area contributed by atoms with Crippen molar-refractivity contribution in [1.82, 2.24) is 15.2 Å². The second kappa shape index (κ2) is 6.06. The Bertz CT molecular complexity index is 515. The summed E-state index contributed by atoms with van der Waals surface area (Å²) in [6.45, 7) is 0.573. The molecule has 0 aliphatic heterocycles. The Kier molecular flexibility index (Phi) is 4.19. The van der Waals surface area contributed by atoms with Crippen molar-refractivity contribution in [3.63, 3.8) is 0 Å². The fourth-order valence-corrected chi connectivity index (χ4v) is 2.07. The van der Waals surface area contributed by atoms with Crippen LogP contribution in [0.15, 0.2) is 24.4 Å². The normalized spacial score (nSPS) is 10.2. The number of aliphatic carboxylic acids is 1. The van der Waals surface area contributed by atoms with Crippen molar-refractivity contribution >= 4 is 22.4 Å². The Balaban J connectivity index is 1.89. The quantitative estimate of drug-likeness (QED) is 0.774. The zero-order valence-corrected chi connectivity index (χ0v) is 10.4. The van der Waals surface area contributed by atoms with E-state index in [9.17, 15) is 4.79 Å². The molecule has 2 aromatic heterocycles. The summed E-state index contributed by atoms with van der Waals surface area (Å²) in [6, 6.07) is 5.61. The molecule has 2 rings (SSSR count). The number of pyridine rings is 1. The van der Waals surface area contributed by atoms with Gasteiger partial charge in [0, 0.05) is 19.2 Å². The molecule has 0 aliphatic rings. The molecular weight excluding hydrogens is 252 g/mol. The Morgan fingerprint density at radius 1 is 1.39 bits per heavy atom. The topological polar surface area (TPSA) is 88.0 Å². The summed E-state index contributed by atoms with van der Waals surface area (Å²) in [5, 5.41) is 21.0. The molecule has 0 saturated carbocycles. The maximum Gasteiger partial charge on any atom is 0.303 e. The van der Waals surface area contributed by atoms with Crippen LogP contribution in [0.5, 0.6) is 0 Å². The molecule has 0 fully saturated rings. The SMILES string of the molecule is O=C(O)CCCNc1nnc(-c2ccccn2)s1. The average Bonchev–Trinajstić information content (AvgIpc) is 2.84. The van der Waals surface area contributed by atoms with Crippen molar-refractivity contribution in [2.75, 3.05) is 11.9 Å². The maximum absolute atomic E-state index is 10.3. The van der Waals surface area contributed by atoms with Gasteiger partial charge in [-0.15, -0.1) is 10.2 Å². The maximum atomic E-state index is 10.3. The summed E-state index contributed by atoms with van der Waals surface area (Å²) in [5.41, 5.74) is 0.786. The van der Waals surface area contributed by atoms with Gasteiger partial charge in [-0.2, -0.15) is 0 Å². The minimum Gasteiger partial charge on any atom is -0.481 e. The number of carboxylic acids is 1. The van der Waals surface area contributed by atoms with Gasteiger partial charge in [0.25, 0.3) is 0 Å². The van der Waals surface area contributed by atoms with Crippen LogP contribution in [0.2, 0.25) is 0 Å². The van der Waals surface area contributed by atoms with Crippen LogP contribution in [0.25, 0.3) is 10.7 Å². The van der Waals surface area contributed by atoms with Gasteiger partial charge < -0.3 is 10.4 Å². The van der Waals surface area contributed by atoms with Gasteiger partial charge in [0.1, 0.15) is 5.69 Å². The molecule has 18 heavy (non-hydrogen) atoms. The van der Waals surface area contributed by atoms with Gasteiger partial charge in [0.2, 0.25) is 5.13 Å². The van der Waals surface area contributed by atoms with Crippen LogP contribution in [0, 0.1) is 0 Å². The van der Waals surface area contributed by atoms with Crippen LogP contribution in [0.1, 0.15) is 12.8 Å². The lowest BCUT2D eigenvalue weighted by molar-refractivity contribution is -0.137. The zero-order valence-electron chi connectivity index (χ0n) is 9.54. The van der Waals surface area contributed by atoms with Crippen LogP contribution in [-0.4, -0.2) is 32.8 Å². The number of aromatic nitrogens is 3. The fraction of sp³-hybridized carbons (Fsp3) is 0.273. The van der Waals surface area contributed by atoms with Crippen molar-refractivity contribution in [1.29, 1.82) is 0 Å². The third kappa shape index (κ3) is 3.49. The van der Waals surface area contributed by atoms with Gasteiger partial charge >= 0.3 is 5.97 Å². The molecule has 2 heterocycles. The highest BCUT2D eigenvalue weighted by molar-refractivity contribution is 7.18. The van der Waals surface area contributed by atoms with Crippen molar-refractivity contribution in [2.24, 2.45) is 0 Å². The first-order valence-electron chi connectivity index (χ1n) is 5.46. The lowest BCUT2D eigenvalue weighted by Gasteiger charge is -1.98. The summed E-state index contributed by atoms with van der Waals surface area (Å²) in [4.78, 5) is 14.5. The molecule has 0 aliphatic carbocycles. The zero-order chi connectivity index (χ0) is 12.8. The largest absolute Gasteiger partial charge is 0.481 e. The number of carbonyl (C=O) groups is 1. The molecule has 0 bridgehead atoms. The van der Waals surface area contributed by atoms with Gasteiger partial charge in [-0.25, -0.2) is 0 Å². The predicted molar refractivity (Wildman–Crippen MR) is 68.5 cm³/mol. The van der Waals surface area contributed by atoms with Gasteiger partial charge in [-0.3, -0.25) is 9.78 Å². The highest BCUT2D eigenvalue weighted by Gasteiger charge is 2.06. The molecule has 0 spiro atoms. The Hall–Kier alpha value is -2.02. The molecule has 0 atom stereocenters. The van der Waals surface area contributed by atoms with Crippen LogP contribution < -0.4 is 5.32 Å². The molecule has 0 saturated heterocycles. The molecule has 0 radical (unpaired) electrons. The summed E-state index contributed by atoms with van der Waals surface area (Å²) < 4.78 is 0. The van der Waals surface area contributed by atoms with E-state index in [0.717, 1.165) is 10.7 Å². The van der Waals surface area contributed by atoms with Crippen LogP contribution in [-0.2, 0) is 4.79 Å². The monoisotopic (exact) mass is 264 g/mol. The number of rotatable bonds is 6. The van der Waals surface area contributed by atoms with E-state index in [4.69, 9.17) is 5.11 Å². The van der Waals surface area contributed by atoms with E-state index in [1.165, 1.54) is 11.3 Å². The fourth-order valence-electron chi connectivity index (χ4n) is 1.32. The van der Waals surface area contributed by atoms with Crippen LogP contribution in [0.3, 0.4) is 0 Å². The van der Waals surface area contributed by atoms with Gasteiger partial charge in [-0.1, -0.05) is 17.4 Å². The minimum absolute atomic E-state index is 0.152. The van der Waals surface area contributed by atoms with E-state index in [0.29, 0.717) is 18.1 Å². The Labute approximate surface area is 108 Å². The second-order valence-corrected chi connectivity index (χ2v) is 4.53. The van der Waals surface area contributed by atoms with Gasteiger partial charge in [-0.05, 0) is 18.6 Å². The van der Waals surface area contributed by atoms with Crippen molar-refractivity contribution < 1.29 is 9.90 Å². The summed E-state index contributed by atoms with van der Waals surface area (Å²) in [6.07, 6.45) is 2.42. The minimum atomic E-state index is -0.789. The van der Waals surface area contributed by atoms with E-state index in [1.807, 2.05) is 18.2 Å². The first-order chi connectivity index (χ1) is 8.75. The third-order valence-electron chi connectivity index (χ3n) is 2.15. The summed E-state index contributed by atoms with van der Waals surface area (Å²) in [7, 11) is 0. The number of hydrogen-bond donors (Lipinski definition) is 2. The third-order valence-corrected chi connectivity index (χ3v) is 3.06. The number of nitrogens with one attached hydrogen (secondary N) is 1. The summed E-state index contributed by atoms with van der Waals surface area (Å²) in [5.74, 6) is -0.789. The molecule has 6 nitrogen and oxygen atoms in total. The second-order valence-electron chi connectivity index (χ2n) is 3.55. The number of hydrogen-bond acceptors (Lipinski definition) is 6. The van der Waals surface area contributed by atoms with Crippen molar-refractivity contribution in [3.05, 3.63) is 24.4 Å². The number of carboxylic acid groups (broad SMARTS) is 1. The highest BCUT2D eigenvalue weighted by atomic mass is 32.1. The highest BCUT2D eigenvalue weighted by Crippen LogP contribution is 2.24. The van der Waals surface area contributed by atoms with E-state index in [2.05, 4.69) is 20.5 Å². The van der Waals surface area contributed by atoms with E-state index >= 15 is 0 Å². The first kappa shape index (κ1) is 12.4. The Morgan fingerprint density at radius 2 is 2.28 bits per heavy atom. The van der Waals surface area contributed by atoms with E-state index < -0.39 is 5.97 Å². The number of nitrogens with zero attached hydrogens (tertiary/aromatic N) is 3. The molecule has 0 aromatic carbocycles. The molecule has 7 heteroatoms. The van der Waals surface area contributed by atoms with Crippen LogP contribution >= 0.6 is 11.3 Å². The molecule has 2 N–H and O–H groups in total. The predicted octanol–water partition coefficient (Wildman–Crippen LogP) is 1.88. The van der Waals surface area contributed by atoms with Crippen LogP contribution in [0.4, 0.5) is 5.13 Å². The molecule has 94 valence electrons. The van der Waals surface area contributed by atoms with Gasteiger partial charge in [0.05, 0.1) is 0 Å². The molecular formula is C11H12N4O2S. The molecule has 0 unspecified atom stereocenters. The first-order valence-corrected chi connectivity index (χ1v) is 6.28. The standard InChI is InChI=1S/C11H12N4O2S/c16-9(17)5-3-7-13-11-15-14-10(18-11)8-4-1-2-6-12-8/h1-2,4,6H,3,5,7H2,(H,13,15)(H,16,17). The number of anilines is 1. The lowest BCUT2D eigenvalue weighted by Crippen LogP contribution is -2.04.